The minimum absolute atomic E-state index is 0.179. The molecule has 0 bridgehead atoms. The van der Waals surface area contributed by atoms with Crippen molar-refractivity contribution in [3.05, 3.63) is 11.6 Å². The maximum absolute atomic E-state index is 11.5. The van der Waals surface area contributed by atoms with E-state index >= 15 is 0 Å². The van der Waals surface area contributed by atoms with Gasteiger partial charge in [0.15, 0.2) is 0 Å². The van der Waals surface area contributed by atoms with Gasteiger partial charge in [-0.05, 0) is 44.7 Å². The minimum atomic E-state index is -0.179. The Bertz CT molecular complexity index is 299. The number of carbonyl (C=O) groups excluding carboxylic acids is 1. The molecule has 0 N–H and O–H groups in total. The van der Waals surface area contributed by atoms with Crippen LogP contribution in [0.4, 0.5) is 0 Å². The van der Waals surface area contributed by atoms with Crippen molar-refractivity contribution in [3.63, 3.8) is 0 Å². The summed E-state index contributed by atoms with van der Waals surface area (Å²) in [6.07, 6.45) is 9.43. The molecule has 1 aliphatic rings. The van der Waals surface area contributed by atoms with Crippen LogP contribution in [-0.4, -0.2) is 37.6 Å². The second kappa shape index (κ2) is 9.13. The van der Waals surface area contributed by atoms with Crippen molar-refractivity contribution in [3.8, 4) is 0 Å². The average molecular weight is 267 g/mol. The number of nitrogens with zero attached hydrogens (tertiary/aromatic N) is 1. The van der Waals surface area contributed by atoms with E-state index in [-0.39, 0.29) is 5.97 Å². The van der Waals surface area contributed by atoms with E-state index in [1.54, 1.807) is 0 Å². The SMILES string of the molecule is CCCC1CCCN(CC=C(CC)C(=O)OC)CC1. The van der Waals surface area contributed by atoms with Gasteiger partial charge in [-0.1, -0.05) is 32.8 Å². The van der Waals surface area contributed by atoms with E-state index < -0.39 is 0 Å². The maximum Gasteiger partial charge on any atom is 0.333 e. The smallest absolute Gasteiger partial charge is 0.333 e. The van der Waals surface area contributed by atoms with Gasteiger partial charge in [0.1, 0.15) is 0 Å². The molecule has 0 amide bonds. The summed E-state index contributed by atoms with van der Waals surface area (Å²) < 4.78 is 4.79. The monoisotopic (exact) mass is 267 g/mol. The Kier molecular flexibility index (Phi) is 7.80. The lowest BCUT2D eigenvalue weighted by atomic mass is 9.96. The van der Waals surface area contributed by atoms with Crippen LogP contribution in [0.2, 0.25) is 0 Å². The van der Waals surface area contributed by atoms with Crippen molar-refractivity contribution in [2.45, 2.75) is 52.4 Å². The third-order valence-corrected chi connectivity index (χ3v) is 4.06. The summed E-state index contributed by atoms with van der Waals surface area (Å²) in [5, 5.41) is 0. The molecule has 0 saturated carbocycles. The molecule has 3 heteroatoms. The van der Waals surface area contributed by atoms with E-state index in [2.05, 4.69) is 11.8 Å². The van der Waals surface area contributed by atoms with Gasteiger partial charge < -0.3 is 4.74 Å². The van der Waals surface area contributed by atoms with Gasteiger partial charge in [-0.25, -0.2) is 4.79 Å². The van der Waals surface area contributed by atoms with Crippen LogP contribution in [0, 0.1) is 5.92 Å². The van der Waals surface area contributed by atoms with Crippen LogP contribution in [-0.2, 0) is 9.53 Å². The van der Waals surface area contributed by atoms with Gasteiger partial charge in [0, 0.05) is 12.1 Å². The summed E-state index contributed by atoms with van der Waals surface area (Å²) in [6.45, 7) is 7.49. The van der Waals surface area contributed by atoms with E-state index in [0.29, 0.717) is 0 Å². The molecular weight excluding hydrogens is 238 g/mol. The van der Waals surface area contributed by atoms with Crippen molar-refractivity contribution in [2.75, 3.05) is 26.7 Å². The van der Waals surface area contributed by atoms with E-state index in [1.807, 2.05) is 13.0 Å². The first-order valence-electron chi connectivity index (χ1n) is 7.70. The molecule has 1 saturated heterocycles. The quantitative estimate of drug-likeness (QED) is 0.545. The molecule has 1 unspecified atom stereocenters. The van der Waals surface area contributed by atoms with Crippen molar-refractivity contribution in [1.29, 1.82) is 0 Å². The molecule has 0 aliphatic carbocycles. The average Bonchev–Trinajstić information content (AvgIpc) is 2.65. The van der Waals surface area contributed by atoms with Gasteiger partial charge in [0.05, 0.1) is 7.11 Å². The summed E-state index contributed by atoms with van der Waals surface area (Å²) >= 11 is 0. The van der Waals surface area contributed by atoms with Gasteiger partial charge in [-0.2, -0.15) is 0 Å². The largest absolute Gasteiger partial charge is 0.466 e. The van der Waals surface area contributed by atoms with Gasteiger partial charge in [-0.3, -0.25) is 4.90 Å². The first-order valence-corrected chi connectivity index (χ1v) is 7.70. The summed E-state index contributed by atoms with van der Waals surface area (Å²) in [4.78, 5) is 14.0. The lowest BCUT2D eigenvalue weighted by Crippen LogP contribution is -2.25. The summed E-state index contributed by atoms with van der Waals surface area (Å²) in [7, 11) is 1.45. The fourth-order valence-electron chi connectivity index (χ4n) is 2.85. The van der Waals surface area contributed by atoms with Crippen LogP contribution in [0.3, 0.4) is 0 Å². The molecule has 110 valence electrons. The summed E-state index contributed by atoms with van der Waals surface area (Å²) in [5.74, 6) is 0.728. The van der Waals surface area contributed by atoms with E-state index in [1.165, 1.54) is 45.8 Å². The first kappa shape index (κ1) is 16.2. The minimum Gasteiger partial charge on any atom is -0.466 e. The number of rotatable bonds is 6. The Morgan fingerprint density at radius 3 is 2.74 bits per heavy atom. The fourth-order valence-corrected chi connectivity index (χ4v) is 2.85. The lowest BCUT2D eigenvalue weighted by molar-refractivity contribution is -0.136. The van der Waals surface area contributed by atoms with Crippen molar-refractivity contribution in [2.24, 2.45) is 5.92 Å². The zero-order valence-corrected chi connectivity index (χ0v) is 12.8. The molecule has 1 rings (SSSR count). The van der Waals surface area contributed by atoms with E-state index in [0.717, 1.165) is 31.0 Å². The van der Waals surface area contributed by atoms with Crippen LogP contribution in [0.25, 0.3) is 0 Å². The Morgan fingerprint density at radius 1 is 1.32 bits per heavy atom. The topological polar surface area (TPSA) is 29.5 Å². The molecule has 3 nitrogen and oxygen atoms in total. The maximum atomic E-state index is 11.5. The number of carbonyl (C=O) groups is 1. The van der Waals surface area contributed by atoms with E-state index in [9.17, 15) is 4.79 Å². The van der Waals surface area contributed by atoms with Gasteiger partial charge >= 0.3 is 5.97 Å². The van der Waals surface area contributed by atoms with Crippen LogP contribution >= 0.6 is 0 Å². The fraction of sp³-hybridized carbons (Fsp3) is 0.812. The number of hydrogen-bond acceptors (Lipinski definition) is 3. The normalized spacial score (nSPS) is 22.1. The highest BCUT2D eigenvalue weighted by Gasteiger charge is 2.16. The van der Waals surface area contributed by atoms with Crippen LogP contribution < -0.4 is 0 Å². The Morgan fingerprint density at radius 2 is 2.11 bits per heavy atom. The molecule has 1 fully saturated rings. The standard InChI is InChI=1S/C16H29NO2/c1-4-7-14-8-6-11-17(12-9-14)13-10-15(5-2)16(18)19-3/h10,14H,4-9,11-13H2,1-3H3. The molecule has 1 heterocycles. The number of esters is 1. The van der Waals surface area contributed by atoms with Gasteiger partial charge in [0.2, 0.25) is 0 Å². The number of likely N-dealkylation sites (tertiary alicyclic amines) is 1. The van der Waals surface area contributed by atoms with Crippen molar-refractivity contribution in [1.82, 2.24) is 4.90 Å². The number of hydrogen-bond donors (Lipinski definition) is 0. The zero-order valence-electron chi connectivity index (χ0n) is 12.8. The Balaban J connectivity index is 2.44. The molecule has 0 aromatic heterocycles. The predicted octanol–water partition coefficient (Wildman–Crippen LogP) is 3.40. The highest BCUT2D eigenvalue weighted by molar-refractivity contribution is 5.88. The third-order valence-electron chi connectivity index (χ3n) is 4.06. The summed E-state index contributed by atoms with van der Waals surface area (Å²) in [6, 6.07) is 0. The molecule has 0 aromatic carbocycles. The van der Waals surface area contributed by atoms with Gasteiger partial charge in [-0.15, -0.1) is 0 Å². The predicted molar refractivity (Wildman–Crippen MR) is 79.1 cm³/mol. The highest BCUT2D eigenvalue weighted by Crippen LogP contribution is 2.21. The molecule has 0 aromatic rings. The molecule has 0 radical (unpaired) electrons. The van der Waals surface area contributed by atoms with Crippen molar-refractivity contribution < 1.29 is 9.53 Å². The Labute approximate surface area is 118 Å². The first-order chi connectivity index (χ1) is 9.21. The highest BCUT2D eigenvalue weighted by atomic mass is 16.5. The zero-order chi connectivity index (χ0) is 14.1. The van der Waals surface area contributed by atoms with Crippen LogP contribution in [0.15, 0.2) is 11.6 Å². The third kappa shape index (κ3) is 5.77. The van der Waals surface area contributed by atoms with Crippen LogP contribution in [0.5, 0.6) is 0 Å². The number of ether oxygens (including phenoxy) is 1. The lowest BCUT2D eigenvalue weighted by Gasteiger charge is -2.18. The van der Waals surface area contributed by atoms with Gasteiger partial charge in [0.25, 0.3) is 0 Å². The molecule has 1 aliphatic heterocycles. The van der Waals surface area contributed by atoms with E-state index in [4.69, 9.17) is 4.74 Å². The van der Waals surface area contributed by atoms with Crippen molar-refractivity contribution >= 4 is 5.97 Å². The second-order valence-corrected chi connectivity index (χ2v) is 5.46. The molecular formula is C16H29NO2. The summed E-state index contributed by atoms with van der Waals surface area (Å²) in [5.41, 5.74) is 0.803. The Hall–Kier alpha value is -0.830. The second-order valence-electron chi connectivity index (χ2n) is 5.46. The molecule has 0 spiro atoms. The molecule has 1 atom stereocenters. The number of methoxy groups -OCH3 is 1. The molecule has 19 heavy (non-hydrogen) atoms. The van der Waals surface area contributed by atoms with Crippen LogP contribution in [0.1, 0.15) is 52.4 Å².